The number of rotatable bonds is 5. The van der Waals surface area contributed by atoms with Gasteiger partial charge < -0.3 is 9.32 Å². The Balaban J connectivity index is 1.58. The molecule has 0 atom stereocenters. The number of aromatic nitrogens is 2. The van der Waals surface area contributed by atoms with Gasteiger partial charge in [0.25, 0.3) is 5.91 Å². The normalized spacial score (nSPS) is 17.5. The summed E-state index contributed by atoms with van der Waals surface area (Å²) in [6.07, 6.45) is 5.06. The van der Waals surface area contributed by atoms with Gasteiger partial charge in [-0.15, -0.1) is 10.2 Å². The molecule has 120 valence electrons. The van der Waals surface area contributed by atoms with Crippen molar-refractivity contribution in [2.45, 2.75) is 38.6 Å². The smallest absolute Gasteiger partial charge is 0.253 e. The third kappa shape index (κ3) is 2.87. The summed E-state index contributed by atoms with van der Waals surface area (Å²) in [5, 5.41) is 7.88. The van der Waals surface area contributed by atoms with Crippen molar-refractivity contribution in [3.05, 3.63) is 35.7 Å². The van der Waals surface area contributed by atoms with Crippen molar-refractivity contribution in [2.24, 2.45) is 11.8 Å². The first-order chi connectivity index (χ1) is 11.1. The van der Waals surface area contributed by atoms with Crippen LogP contribution < -0.4 is 0 Å². The van der Waals surface area contributed by atoms with E-state index in [1.54, 1.807) is 6.92 Å². The lowest BCUT2D eigenvalue weighted by Gasteiger charge is -2.28. The van der Waals surface area contributed by atoms with Gasteiger partial charge in [0.2, 0.25) is 11.8 Å². The van der Waals surface area contributed by atoms with Gasteiger partial charge in [0, 0.05) is 31.1 Å². The summed E-state index contributed by atoms with van der Waals surface area (Å²) in [6.45, 7) is 1.76. The molecular formula is C18H21N3O2. The Bertz CT molecular complexity index is 719. The van der Waals surface area contributed by atoms with Gasteiger partial charge in [-0.3, -0.25) is 4.79 Å². The topological polar surface area (TPSA) is 59.2 Å². The first-order valence-electron chi connectivity index (χ1n) is 8.31. The number of hydrogen-bond acceptors (Lipinski definition) is 4. The number of aryl methyl sites for hydroxylation is 1. The Labute approximate surface area is 135 Å². The molecule has 2 aromatic rings. The summed E-state index contributed by atoms with van der Waals surface area (Å²) >= 11 is 0. The molecule has 2 saturated carbocycles. The van der Waals surface area contributed by atoms with Crippen LogP contribution in [0.25, 0.3) is 11.5 Å². The highest BCUT2D eigenvalue weighted by Crippen LogP contribution is 2.47. The molecule has 5 heteroatoms. The molecule has 2 fully saturated rings. The maximum atomic E-state index is 12.9. The second-order valence-corrected chi connectivity index (χ2v) is 6.79. The van der Waals surface area contributed by atoms with Crippen molar-refractivity contribution < 1.29 is 9.21 Å². The second kappa shape index (κ2) is 5.48. The predicted octanol–water partition coefficient (Wildman–Crippen LogP) is 3.31. The minimum atomic E-state index is 0.0897. The molecule has 0 spiro atoms. The molecule has 0 unspecified atom stereocenters. The molecule has 2 aliphatic rings. The lowest BCUT2D eigenvalue weighted by atomic mass is 10.0. The zero-order chi connectivity index (χ0) is 16.0. The highest BCUT2D eigenvalue weighted by molar-refractivity contribution is 5.95. The van der Waals surface area contributed by atoms with Gasteiger partial charge in [-0.1, -0.05) is 6.07 Å². The van der Waals surface area contributed by atoms with Gasteiger partial charge in [0.1, 0.15) is 0 Å². The molecule has 1 amide bonds. The molecule has 0 bridgehead atoms. The molecule has 0 aliphatic heterocycles. The maximum absolute atomic E-state index is 12.9. The Hall–Kier alpha value is -2.17. The average molecular weight is 311 g/mol. The lowest BCUT2D eigenvalue weighted by Crippen LogP contribution is -2.40. The fourth-order valence-electron chi connectivity index (χ4n) is 3.43. The number of amides is 1. The predicted molar refractivity (Wildman–Crippen MR) is 85.8 cm³/mol. The first kappa shape index (κ1) is 14.4. The molecule has 23 heavy (non-hydrogen) atoms. The Morgan fingerprint density at radius 3 is 2.48 bits per heavy atom. The van der Waals surface area contributed by atoms with Crippen molar-refractivity contribution in [3.8, 4) is 11.5 Å². The minimum absolute atomic E-state index is 0.0897. The number of hydrogen-bond donors (Lipinski definition) is 0. The number of carbonyl (C=O) groups excluding carboxylic acids is 1. The fraction of sp³-hybridized carbons (Fsp3) is 0.500. The van der Waals surface area contributed by atoms with E-state index in [1.165, 1.54) is 25.7 Å². The lowest BCUT2D eigenvalue weighted by molar-refractivity contribution is 0.0690. The Kier molecular flexibility index (Phi) is 3.43. The Morgan fingerprint density at radius 2 is 1.91 bits per heavy atom. The van der Waals surface area contributed by atoms with Crippen LogP contribution >= 0.6 is 0 Å². The molecule has 5 nitrogen and oxygen atoms in total. The van der Waals surface area contributed by atoms with E-state index in [0.29, 0.717) is 35.2 Å². The van der Waals surface area contributed by atoms with Gasteiger partial charge in [-0.2, -0.15) is 0 Å². The SMILES string of the molecule is Cc1nnc(-c2cccc(C(=O)N(C)C(C3CC3)C3CC3)c2)o1. The van der Waals surface area contributed by atoms with Crippen LogP contribution in [0.2, 0.25) is 0 Å². The monoisotopic (exact) mass is 311 g/mol. The summed E-state index contributed by atoms with van der Waals surface area (Å²) in [7, 11) is 1.95. The van der Waals surface area contributed by atoms with E-state index in [-0.39, 0.29) is 5.91 Å². The third-order valence-electron chi connectivity index (χ3n) is 4.86. The molecule has 0 saturated heterocycles. The van der Waals surface area contributed by atoms with Crippen LogP contribution in [-0.2, 0) is 0 Å². The molecule has 0 N–H and O–H groups in total. The van der Waals surface area contributed by atoms with Crippen LogP contribution in [0.4, 0.5) is 0 Å². The van der Waals surface area contributed by atoms with E-state index in [2.05, 4.69) is 10.2 Å². The fourth-order valence-corrected chi connectivity index (χ4v) is 3.43. The van der Waals surface area contributed by atoms with Gasteiger partial charge in [0.15, 0.2) is 0 Å². The van der Waals surface area contributed by atoms with Gasteiger partial charge in [-0.05, 0) is 55.7 Å². The quantitative estimate of drug-likeness (QED) is 0.850. The van der Waals surface area contributed by atoms with Crippen LogP contribution in [-0.4, -0.2) is 34.1 Å². The van der Waals surface area contributed by atoms with E-state index in [1.807, 2.05) is 36.2 Å². The van der Waals surface area contributed by atoms with E-state index < -0.39 is 0 Å². The molecule has 2 aliphatic carbocycles. The van der Waals surface area contributed by atoms with Crippen molar-refractivity contribution >= 4 is 5.91 Å². The number of benzene rings is 1. The van der Waals surface area contributed by atoms with Crippen LogP contribution in [0.1, 0.15) is 41.9 Å². The van der Waals surface area contributed by atoms with Gasteiger partial charge in [-0.25, -0.2) is 0 Å². The molecule has 1 heterocycles. The third-order valence-corrected chi connectivity index (χ3v) is 4.86. The summed E-state index contributed by atoms with van der Waals surface area (Å²) in [6, 6.07) is 7.89. The van der Waals surface area contributed by atoms with Crippen LogP contribution in [0.5, 0.6) is 0 Å². The van der Waals surface area contributed by atoms with Crippen molar-refractivity contribution in [1.29, 1.82) is 0 Å². The average Bonchev–Trinajstić information content (AvgIpc) is 3.49. The van der Waals surface area contributed by atoms with Gasteiger partial charge >= 0.3 is 0 Å². The first-order valence-corrected chi connectivity index (χ1v) is 8.31. The molecular weight excluding hydrogens is 290 g/mol. The largest absolute Gasteiger partial charge is 0.421 e. The zero-order valence-corrected chi connectivity index (χ0v) is 13.5. The van der Waals surface area contributed by atoms with Crippen LogP contribution in [0.15, 0.2) is 28.7 Å². The molecule has 1 aromatic carbocycles. The zero-order valence-electron chi connectivity index (χ0n) is 13.5. The summed E-state index contributed by atoms with van der Waals surface area (Å²) < 4.78 is 5.46. The highest BCUT2D eigenvalue weighted by atomic mass is 16.4. The molecule has 1 aromatic heterocycles. The minimum Gasteiger partial charge on any atom is -0.421 e. The van der Waals surface area contributed by atoms with E-state index in [9.17, 15) is 4.79 Å². The summed E-state index contributed by atoms with van der Waals surface area (Å²) in [4.78, 5) is 14.9. The number of nitrogens with zero attached hydrogens (tertiary/aromatic N) is 3. The van der Waals surface area contributed by atoms with Crippen molar-refractivity contribution in [2.75, 3.05) is 7.05 Å². The number of carbonyl (C=O) groups is 1. The summed E-state index contributed by atoms with van der Waals surface area (Å²) in [5.41, 5.74) is 1.48. The van der Waals surface area contributed by atoms with E-state index in [4.69, 9.17) is 4.42 Å². The van der Waals surface area contributed by atoms with E-state index >= 15 is 0 Å². The second-order valence-electron chi connectivity index (χ2n) is 6.79. The maximum Gasteiger partial charge on any atom is 0.253 e. The van der Waals surface area contributed by atoms with Crippen molar-refractivity contribution in [1.82, 2.24) is 15.1 Å². The van der Waals surface area contributed by atoms with Crippen LogP contribution in [0, 0.1) is 18.8 Å². The standard InChI is InChI=1S/C18H21N3O2/c1-11-19-20-17(23-11)14-4-3-5-15(10-14)18(22)21(2)16(12-6-7-12)13-8-9-13/h3-5,10,12-13,16H,6-9H2,1-2H3. The van der Waals surface area contributed by atoms with Crippen LogP contribution in [0.3, 0.4) is 0 Å². The van der Waals surface area contributed by atoms with E-state index in [0.717, 1.165) is 5.56 Å². The molecule has 4 rings (SSSR count). The molecule has 0 radical (unpaired) electrons. The Morgan fingerprint density at radius 1 is 1.22 bits per heavy atom. The highest BCUT2D eigenvalue weighted by Gasteiger charge is 2.45. The van der Waals surface area contributed by atoms with Crippen molar-refractivity contribution in [3.63, 3.8) is 0 Å². The summed E-state index contributed by atoms with van der Waals surface area (Å²) in [5.74, 6) is 2.49. The van der Waals surface area contributed by atoms with Gasteiger partial charge in [0.05, 0.1) is 0 Å².